The Hall–Kier alpha value is -1.47. The second-order valence-electron chi connectivity index (χ2n) is 4.89. The van der Waals surface area contributed by atoms with Crippen LogP contribution in [0.2, 0.25) is 0 Å². The fourth-order valence-corrected chi connectivity index (χ4v) is 3.71. The van der Waals surface area contributed by atoms with E-state index < -0.39 is 5.97 Å². The third kappa shape index (κ3) is 3.74. The van der Waals surface area contributed by atoms with Gasteiger partial charge in [0.2, 0.25) is 0 Å². The third-order valence-corrected chi connectivity index (χ3v) is 5.06. The number of rotatable bonds is 4. The number of benzene rings is 1. The van der Waals surface area contributed by atoms with Crippen molar-refractivity contribution < 1.29 is 9.90 Å². The van der Waals surface area contributed by atoms with Crippen molar-refractivity contribution in [1.82, 2.24) is 0 Å². The first-order valence-electron chi connectivity index (χ1n) is 6.53. The van der Waals surface area contributed by atoms with Gasteiger partial charge in [-0.05, 0) is 37.3 Å². The normalized spacial score (nSPS) is 22.7. The van der Waals surface area contributed by atoms with Crippen LogP contribution in [-0.4, -0.2) is 16.3 Å². The number of carboxylic acids is 1. The summed E-state index contributed by atoms with van der Waals surface area (Å²) in [6.07, 6.45) is 3.51. The molecule has 19 heavy (non-hydrogen) atoms. The van der Waals surface area contributed by atoms with Gasteiger partial charge in [-0.3, -0.25) is 4.79 Å². The zero-order valence-corrected chi connectivity index (χ0v) is 11.5. The van der Waals surface area contributed by atoms with Crippen LogP contribution in [0.15, 0.2) is 24.3 Å². The van der Waals surface area contributed by atoms with Crippen LogP contribution in [0.1, 0.15) is 36.8 Å². The molecule has 1 saturated carbocycles. The van der Waals surface area contributed by atoms with E-state index in [1.807, 2.05) is 36.0 Å². The third-order valence-electron chi connectivity index (χ3n) is 3.64. The van der Waals surface area contributed by atoms with Crippen molar-refractivity contribution in [2.45, 2.75) is 36.7 Å². The summed E-state index contributed by atoms with van der Waals surface area (Å²) in [5.41, 5.74) is 1.82. The SMILES string of the molecule is N#Cc1ccccc1CSC1CCC(C(=O)O)CC1. The molecule has 1 fully saturated rings. The fourth-order valence-electron chi connectivity index (χ4n) is 2.44. The summed E-state index contributed by atoms with van der Waals surface area (Å²) in [7, 11) is 0. The zero-order chi connectivity index (χ0) is 13.7. The van der Waals surface area contributed by atoms with E-state index in [0.29, 0.717) is 5.25 Å². The molecule has 0 radical (unpaired) electrons. The maximum absolute atomic E-state index is 10.9. The van der Waals surface area contributed by atoms with E-state index in [9.17, 15) is 4.79 Å². The van der Waals surface area contributed by atoms with Crippen molar-refractivity contribution in [2.75, 3.05) is 0 Å². The second kappa shape index (κ2) is 6.63. The first-order valence-corrected chi connectivity index (χ1v) is 7.58. The lowest BCUT2D eigenvalue weighted by Crippen LogP contribution is -2.22. The molecule has 0 amide bonds. The molecule has 0 saturated heterocycles. The molecular weight excluding hydrogens is 258 g/mol. The largest absolute Gasteiger partial charge is 0.481 e. The molecule has 0 bridgehead atoms. The number of nitriles is 1. The van der Waals surface area contributed by atoms with Gasteiger partial charge in [0.15, 0.2) is 0 Å². The molecule has 0 aliphatic heterocycles. The Morgan fingerprint density at radius 2 is 2.00 bits per heavy atom. The number of carboxylic acid groups (broad SMARTS) is 1. The van der Waals surface area contributed by atoms with Gasteiger partial charge in [-0.1, -0.05) is 18.2 Å². The molecule has 2 rings (SSSR count). The summed E-state index contributed by atoms with van der Waals surface area (Å²) in [4.78, 5) is 10.9. The Morgan fingerprint density at radius 1 is 1.32 bits per heavy atom. The van der Waals surface area contributed by atoms with Gasteiger partial charge in [-0.2, -0.15) is 17.0 Å². The van der Waals surface area contributed by atoms with Crippen LogP contribution in [0.3, 0.4) is 0 Å². The standard InChI is InChI=1S/C15H17NO2S/c16-9-12-3-1-2-4-13(12)10-19-14-7-5-11(6-8-14)15(17)18/h1-4,11,14H,5-8,10H2,(H,17,18). The lowest BCUT2D eigenvalue weighted by Gasteiger charge is -2.25. The minimum atomic E-state index is -0.654. The van der Waals surface area contributed by atoms with Crippen molar-refractivity contribution in [3.63, 3.8) is 0 Å². The molecule has 3 nitrogen and oxygen atoms in total. The molecular formula is C15H17NO2S. The van der Waals surface area contributed by atoms with E-state index in [0.717, 1.165) is 42.6 Å². The molecule has 100 valence electrons. The van der Waals surface area contributed by atoms with Gasteiger partial charge < -0.3 is 5.11 Å². The molecule has 0 atom stereocenters. The van der Waals surface area contributed by atoms with Gasteiger partial charge in [-0.15, -0.1) is 0 Å². The second-order valence-corrected chi connectivity index (χ2v) is 6.18. The number of thioether (sulfide) groups is 1. The van der Waals surface area contributed by atoms with Crippen LogP contribution in [0.4, 0.5) is 0 Å². The predicted octanol–water partition coefficient (Wildman–Crippen LogP) is 3.43. The topological polar surface area (TPSA) is 61.1 Å². The van der Waals surface area contributed by atoms with Crippen molar-refractivity contribution in [2.24, 2.45) is 5.92 Å². The van der Waals surface area contributed by atoms with Crippen molar-refractivity contribution in [3.8, 4) is 6.07 Å². The van der Waals surface area contributed by atoms with Gasteiger partial charge >= 0.3 is 5.97 Å². The smallest absolute Gasteiger partial charge is 0.306 e. The molecule has 0 heterocycles. The summed E-state index contributed by atoms with van der Waals surface area (Å²) in [6.45, 7) is 0. The minimum Gasteiger partial charge on any atom is -0.481 e. The van der Waals surface area contributed by atoms with E-state index in [2.05, 4.69) is 6.07 Å². The average Bonchev–Trinajstić information content (AvgIpc) is 2.45. The molecule has 4 heteroatoms. The Bertz CT molecular complexity index is 487. The summed E-state index contributed by atoms with van der Waals surface area (Å²) >= 11 is 1.85. The van der Waals surface area contributed by atoms with Crippen LogP contribution in [0, 0.1) is 17.2 Å². The lowest BCUT2D eigenvalue weighted by atomic mass is 9.89. The van der Waals surface area contributed by atoms with E-state index in [1.54, 1.807) is 0 Å². The number of aliphatic carboxylic acids is 1. The van der Waals surface area contributed by atoms with Crippen LogP contribution in [-0.2, 0) is 10.5 Å². The molecule has 0 spiro atoms. The monoisotopic (exact) mass is 275 g/mol. The first kappa shape index (κ1) is 14.0. The first-order chi connectivity index (χ1) is 9.20. The van der Waals surface area contributed by atoms with Gasteiger partial charge in [0, 0.05) is 11.0 Å². The van der Waals surface area contributed by atoms with E-state index in [1.165, 1.54) is 0 Å². The van der Waals surface area contributed by atoms with Crippen LogP contribution >= 0.6 is 11.8 Å². The maximum atomic E-state index is 10.9. The van der Waals surface area contributed by atoms with Gasteiger partial charge in [-0.25, -0.2) is 0 Å². The Kier molecular flexibility index (Phi) is 4.86. The van der Waals surface area contributed by atoms with E-state index >= 15 is 0 Å². The zero-order valence-electron chi connectivity index (χ0n) is 10.7. The maximum Gasteiger partial charge on any atom is 0.306 e. The number of nitrogens with zero attached hydrogens (tertiary/aromatic N) is 1. The van der Waals surface area contributed by atoms with Crippen LogP contribution in [0.25, 0.3) is 0 Å². The highest BCUT2D eigenvalue weighted by Gasteiger charge is 2.26. The van der Waals surface area contributed by atoms with Gasteiger partial charge in [0.05, 0.1) is 17.6 Å². The van der Waals surface area contributed by atoms with Crippen LogP contribution < -0.4 is 0 Å². The minimum absolute atomic E-state index is 0.150. The highest BCUT2D eigenvalue weighted by atomic mass is 32.2. The van der Waals surface area contributed by atoms with Crippen molar-refractivity contribution in [3.05, 3.63) is 35.4 Å². The summed E-state index contributed by atoms with van der Waals surface area (Å²) in [5, 5.41) is 18.5. The van der Waals surface area contributed by atoms with Crippen molar-refractivity contribution >= 4 is 17.7 Å². The highest BCUT2D eigenvalue weighted by Crippen LogP contribution is 2.34. The van der Waals surface area contributed by atoms with Gasteiger partial charge in [0.25, 0.3) is 0 Å². The molecule has 0 aromatic heterocycles. The molecule has 1 N–H and O–H groups in total. The quantitative estimate of drug-likeness (QED) is 0.914. The van der Waals surface area contributed by atoms with E-state index in [-0.39, 0.29) is 5.92 Å². The number of carbonyl (C=O) groups is 1. The number of hydrogen-bond donors (Lipinski definition) is 1. The fraction of sp³-hybridized carbons (Fsp3) is 0.467. The summed E-state index contributed by atoms with van der Waals surface area (Å²) in [6, 6.07) is 9.89. The van der Waals surface area contributed by atoms with Crippen molar-refractivity contribution in [1.29, 1.82) is 5.26 Å². The van der Waals surface area contributed by atoms with Gasteiger partial charge in [0.1, 0.15) is 0 Å². The average molecular weight is 275 g/mol. The van der Waals surface area contributed by atoms with Crippen LogP contribution in [0.5, 0.6) is 0 Å². The van der Waals surface area contributed by atoms with E-state index in [4.69, 9.17) is 10.4 Å². The molecule has 1 aliphatic rings. The Morgan fingerprint density at radius 3 is 2.63 bits per heavy atom. The predicted molar refractivity (Wildman–Crippen MR) is 75.8 cm³/mol. The lowest BCUT2D eigenvalue weighted by molar-refractivity contribution is -0.142. The molecule has 1 aromatic rings. The number of hydrogen-bond acceptors (Lipinski definition) is 3. The Balaban J connectivity index is 1.84. The highest BCUT2D eigenvalue weighted by molar-refractivity contribution is 7.99. The summed E-state index contributed by atoms with van der Waals surface area (Å²) in [5.74, 6) is 0.0353. The molecule has 1 aliphatic carbocycles. The molecule has 1 aromatic carbocycles. The summed E-state index contributed by atoms with van der Waals surface area (Å²) < 4.78 is 0. The Labute approximate surface area is 117 Å². The molecule has 0 unspecified atom stereocenters.